The topological polar surface area (TPSA) is 33.1 Å². The van der Waals surface area contributed by atoms with Crippen molar-refractivity contribution in [3.05, 3.63) is 29.6 Å². The molecule has 0 aliphatic carbocycles. The molecule has 1 atom stereocenters. The molecule has 0 unspecified atom stereocenters. The van der Waals surface area contributed by atoms with Crippen molar-refractivity contribution < 1.29 is 5.11 Å². The standard InChI is InChI=1S/C9H13NO/c1-3-8-4-5-9(7(2)11)10-6-8/h4-7,11H,3H2,1-2H3/t7-/m1/s1. The first kappa shape index (κ1) is 8.21. The molecule has 1 aromatic rings. The number of pyridine rings is 1. The van der Waals surface area contributed by atoms with Crippen molar-refractivity contribution in [3.8, 4) is 0 Å². The smallest absolute Gasteiger partial charge is 0.0931 e. The van der Waals surface area contributed by atoms with Gasteiger partial charge >= 0.3 is 0 Å². The molecule has 0 saturated carbocycles. The second kappa shape index (κ2) is 3.49. The number of aryl methyl sites for hydroxylation is 1. The molecule has 11 heavy (non-hydrogen) atoms. The second-order valence-electron chi connectivity index (χ2n) is 2.62. The van der Waals surface area contributed by atoms with E-state index in [-0.39, 0.29) is 0 Å². The summed E-state index contributed by atoms with van der Waals surface area (Å²) < 4.78 is 0. The maximum atomic E-state index is 9.12. The first-order valence-electron chi connectivity index (χ1n) is 3.87. The van der Waals surface area contributed by atoms with E-state index < -0.39 is 6.10 Å². The zero-order chi connectivity index (χ0) is 8.27. The molecule has 0 saturated heterocycles. The lowest BCUT2D eigenvalue weighted by molar-refractivity contribution is 0.194. The molecule has 60 valence electrons. The molecule has 0 bridgehead atoms. The van der Waals surface area contributed by atoms with Crippen LogP contribution in [0.2, 0.25) is 0 Å². The van der Waals surface area contributed by atoms with Crippen molar-refractivity contribution in [2.45, 2.75) is 26.4 Å². The number of hydrogen-bond acceptors (Lipinski definition) is 2. The van der Waals surface area contributed by atoms with E-state index in [9.17, 15) is 0 Å². The molecule has 0 aromatic carbocycles. The summed E-state index contributed by atoms with van der Waals surface area (Å²) in [7, 11) is 0. The summed E-state index contributed by atoms with van der Waals surface area (Å²) in [6.45, 7) is 3.80. The lowest BCUT2D eigenvalue weighted by Crippen LogP contribution is -1.95. The largest absolute Gasteiger partial charge is 0.387 e. The average molecular weight is 151 g/mol. The van der Waals surface area contributed by atoms with Gasteiger partial charge in [0.15, 0.2) is 0 Å². The highest BCUT2D eigenvalue weighted by molar-refractivity contribution is 5.14. The van der Waals surface area contributed by atoms with Crippen LogP contribution in [0.15, 0.2) is 18.3 Å². The van der Waals surface area contributed by atoms with Crippen molar-refractivity contribution in [1.29, 1.82) is 0 Å². The Labute approximate surface area is 66.9 Å². The van der Waals surface area contributed by atoms with Gasteiger partial charge in [-0.2, -0.15) is 0 Å². The van der Waals surface area contributed by atoms with Crippen molar-refractivity contribution >= 4 is 0 Å². The van der Waals surface area contributed by atoms with Crippen LogP contribution >= 0.6 is 0 Å². The minimum Gasteiger partial charge on any atom is -0.387 e. The molecule has 1 heterocycles. The molecule has 0 amide bonds. The number of aliphatic hydroxyl groups is 1. The van der Waals surface area contributed by atoms with E-state index in [1.165, 1.54) is 5.56 Å². The molecular formula is C9H13NO. The summed E-state index contributed by atoms with van der Waals surface area (Å²) in [5.74, 6) is 0. The summed E-state index contributed by atoms with van der Waals surface area (Å²) in [6, 6.07) is 3.86. The van der Waals surface area contributed by atoms with Gasteiger partial charge in [0.1, 0.15) is 0 Å². The maximum Gasteiger partial charge on any atom is 0.0931 e. The molecule has 2 nitrogen and oxygen atoms in total. The molecule has 0 fully saturated rings. The fourth-order valence-electron chi connectivity index (χ4n) is 0.892. The fourth-order valence-corrected chi connectivity index (χ4v) is 0.892. The van der Waals surface area contributed by atoms with Gasteiger partial charge in [0.25, 0.3) is 0 Å². The van der Waals surface area contributed by atoms with Crippen LogP contribution in [0.4, 0.5) is 0 Å². The number of rotatable bonds is 2. The van der Waals surface area contributed by atoms with E-state index in [0.717, 1.165) is 12.1 Å². The van der Waals surface area contributed by atoms with Gasteiger partial charge in [-0.05, 0) is 25.0 Å². The first-order chi connectivity index (χ1) is 5.24. The zero-order valence-electron chi connectivity index (χ0n) is 6.91. The summed E-state index contributed by atoms with van der Waals surface area (Å²) >= 11 is 0. The number of aromatic nitrogens is 1. The maximum absolute atomic E-state index is 9.12. The Bertz CT molecular complexity index is 216. The number of aliphatic hydroxyl groups excluding tert-OH is 1. The van der Waals surface area contributed by atoms with E-state index in [1.54, 1.807) is 6.92 Å². The molecule has 0 aliphatic heterocycles. The third-order valence-corrected chi connectivity index (χ3v) is 1.68. The SMILES string of the molecule is CCc1ccc([C@@H](C)O)nc1. The predicted octanol–water partition coefficient (Wildman–Crippen LogP) is 1.70. The molecule has 0 spiro atoms. The Morgan fingerprint density at radius 3 is 2.64 bits per heavy atom. The van der Waals surface area contributed by atoms with Gasteiger partial charge in [0.05, 0.1) is 11.8 Å². The van der Waals surface area contributed by atoms with Crippen molar-refractivity contribution in [3.63, 3.8) is 0 Å². The molecule has 0 radical (unpaired) electrons. The third kappa shape index (κ3) is 2.02. The van der Waals surface area contributed by atoms with Crippen LogP contribution in [0.25, 0.3) is 0 Å². The lowest BCUT2D eigenvalue weighted by Gasteiger charge is -2.02. The summed E-state index contributed by atoms with van der Waals surface area (Å²) in [6.07, 6.45) is 2.34. The highest BCUT2D eigenvalue weighted by Crippen LogP contribution is 2.08. The Morgan fingerprint density at radius 1 is 1.55 bits per heavy atom. The van der Waals surface area contributed by atoms with Crippen LogP contribution in [0, 0.1) is 0 Å². The molecule has 1 rings (SSSR count). The summed E-state index contributed by atoms with van der Waals surface area (Å²) in [4.78, 5) is 4.10. The Hall–Kier alpha value is -0.890. The van der Waals surface area contributed by atoms with Gasteiger partial charge in [-0.3, -0.25) is 4.98 Å². The molecule has 0 aliphatic rings. The number of nitrogens with zero attached hydrogens (tertiary/aromatic N) is 1. The van der Waals surface area contributed by atoms with Gasteiger partial charge in [-0.25, -0.2) is 0 Å². The predicted molar refractivity (Wildman–Crippen MR) is 44.2 cm³/mol. The molecule has 1 N–H and O–H groups in total. The first-order valence-corrected chi connectivity index (χ1v) is 3.87. The average Bonchev–Trinajstić information content (AvgIpc) is 2.05. The zero-order valence-corrected chi connectivity index (χ0v) is 6.91. The van der Waals surface area contributed by atoms with Crippen LogP contribution in [-0.2, 0) is 6.42 Å². The van der Waals surface area contributed by atoms with Crippen LogP contribution in [0.5, 0.6) is 0 Å². The Kier molecular flexibility index (Phi) is 2.60. The van der Waals surface area contributed by atoms with Crippen LogP contribution in [0.1, 0.15) is 31.2 Å². The summed E-state index contributed by atoms with van der Waals surface area (Å²) in [5, 5.41) is 9.12. The van der Waals surface area contributed by atoms with Crippen LogP contribution in [-0.4, -0.2) is 10.1 Å². The normalized spacial score (nSPS) is 13.0. The van der Waals surface area contributed by atoms with Crippen molar-refractivity contribution in [2.75, 3.05) is 0 Å². The quantitative estimate of drug-likeness (QED) is 0.697. The van der Waals surface area contributed by atoms with Gasteiger partial charge < -0.3 is 5.11 Å². The van der Waals surface area contributed by atoms with Gasteiger partial charge in [0, 0.05) is 6.20 Å². The van der Waals surface area contributed by atoms with E-state index in [4.69, 9.17) is 5.11 Å². The van der Waals surface area contributed by atoms with E-state index in [0.29, 0.717) is 0 Å². The third-order valence-electron chi connectivity index (χ3n) is 1.68. The second-order valence-corrected chi connectivity index (χ2v) is 2.62. The van der Waals surface area contributed by atoms with Gasteiger partial charge in [-0.15, -0.1) is 0 Å². The Balaban J connectivity index is 2.83. The van der Waals surface area contributed by atoms with Crippen LogP contribution < -0.4 is 0 Å². The molecular weight excluding hydrogens is 138 g/mol. The van der Waals surface area contributed by atoms with E-state index >= 15 is 0 Å². The van der Waals surface area contributed by atoms with Crippen LogP contribution in [0.3, 0.4) is 0 Å². The van der Waals surface area contributed by atoms with E-state index in [1.807, 2.05) is 18.3 Å². The fraction of sp³-hybridized carbons (Fsp3) is 0.444. The monoisotopic (exact) mass is 151 g/mol. The number of hydrogen-bond donors (Lipinski definition) is 1. The lowest BCUT2D eigenvalue weighted by atomic mass is 10.2. The van der Waals surface area contributed by atoms with E-state index in [2.05, 4.69) is 11.9 Å². The molecule has 1 aromatic heterocycles. The minimum atomic E-state index is -0.457. The summed E-state index contributed by atoms with van der Waals surface area (Å²) in [5.41, 5.74) is 1.94. The Morgan fingerprint density at radius 2 is 2.27 bits per heavy atom. The van der Waals surface area contributed by atoms with Gasteiger partial charge in [-0.1, -0.05) is 13.0 Å². The van der Waals surface area contributed by atoms with Crippen molar-refractivity contribution in [1.82, 2.24) is 4.98 Å². The van der Waals surface area contributed by atoms with Crippen molar-refractivity contribution in [2.24, 2.45) is 0 Å². The minimum absolute atomic E-state index is 0.457. The highest BCUT2D eigenvalue weighted by Gasteiger charge is 1.99. The molecule has 2 heteroatoms. The van der Waals surface area contributed by atoms with Gasteiger partial charge in [0.2, 0.25) is 0 Å². The highest BCUT2D eigenvalue weighted by atomic mass is 16.3.